The zero-order valence-electron chi connectivity index (χ0n) is 17.5. The van der Waals surface area contributed by atoms with Gasteiger partial charge in [-0.2, -0.15) is 13.2 Å². The van der Waals surface area contributed by atoms with Crippen LogP contribution in [0, 0.1) is 10.1 Å². The molecule has 0 saturated carbocycles. The number of hydrogen-bond acceptors (Lipinski definition) is 5. The Morgan fingerprint density at radius 3 is 2.52 bits per heavy atom. The van der Waals surface area contributed by atoms with Crippen molar-refractivity contribution in [2.24, 2.45) is 0 Å². The van der Waals surface area contributed by atoms with E-state index in [-0.39, 0.29) is 46.9 Å². The van der Waals surface area contributed by atoms with Gasteiger partial charge in [-0.15, -0.1) is 0 Å². The predicted octanol–water partition coefficient (Wildman–Crippen LogP) is 5.15. The Morgan fingerprint density at radius 2 is 1.85 bits per heavy atom. The zero-order chi connectivity index (χ0) is 23.9. The van der Waals surface area contributed by atoms with E-state index in [2.05, 4.69) is 0 Å². The molecule has 0 spiro atoms. The predicted molar refractivity (Wildman–Crippen MR) is 112 cm³/mol. The van der Waals surface area contributed by atoms with Crippen LogP contribution < -0.4 is 9.64 Å². The number of ketones is 1. The zero-order valence-corrected chi connectivity index (χ0v) is 17.5. The molecule has 1 heterocycles. The van der Waals surface area contributed by atoms with Crippen molar-refractivity contribution in [1.29, 1.82) is 0 Å². The lowest BCUT2D eigenvalue weighted by Gasteiger charge is -2.38. The van der Waals surface area contributed by atoms with Crippen molar-refractivity contribution in [3.05, 3.63) is 75.0 Å². The van der Waals surface area contributed by atoms with E-state index in [0.29, 0.717) is 6.42 Å². The van der Waals surface area contributed by atoms with Crippen LogP contribution in [-0.4, -0.2) is 23.7 Å². The third-order valence-corrected chi connectivity index (χ3v) is 5.94. The van der Waals surface area contributed by atoms with Crippen molar-refractivity contribution in [2.75, 3.05) is 12.0 Å². The molecular formula is C23H19F3N2O5. The highest BCUT2D eigenvalue weighted by molar-refractivity contribution is 6.08. The topological polar surface area (TPSA) is 89.8 Å². The first kappa shape index (κ1) is 22.5. The van der Waals surface area contributed by atoms with Crippen LogP contribution in [0.5, 0.6) is 5.75 Å². The van der Waals surface area contributed by atoms with Gasteiger partial charge < -0.3 is 4.74 Å². The number of Topliss-reactive ketones (excluding diaryl/α,β-unsaturated/α-hetero) is 1. The largest absolute Gasteiger partial charge is 0.496 e. The molecule has 33 heavy (non-hydrogen) atoms. The second-order valence-electron chi connectivity index (χ2n) is 7.82. The number of hydrogen-bond donors (Lipinski definition) is 0. The van der Waals surface area contributed by atoms with Gasteiger partial charge in [0.1, 0.15) is 11.4 Å². The van der Waals surface area contributed by atoms with E-state index in [0.717, 1.165) is 11.0 Å². The van der Waals surface area contributed by atoms with Gasteiger partial charge in [0.15, 0.2) is 5.78 Å². The highest BCUT2D eigenvalue weighted by Crippen LogP contribution is 2.48. The molecular weight excluding hydrogens is 441 g/mol. The maximum atomic E-state index is 13.7. The van der Waals surface area contributed by atoms with Crippen LogP contribution in [0.25, 0.3) is 0 Å². The Kier molecular flexibility index (Phi) is 5.69. The molecule has 1 aliphatic heterocycles. The Bertz CT molecular complexity index is 1190. The van der Waals surface area contributed by atoms with Crippen LogP contribution in [0.15, 0.2) is 53.7 Å². The van der Waals surface area contributed by atoms with E-state index in [1.165, 1.54) is 43.5 Å². The molecule has 4 rings (SSSR count). The summed E-state index contributed by atoms with van der Waals surface area (Å²) in [5.41, 5.74) is -1.17. The Hall–Kier alpha value is -3.69. The maximum absolute atomic E-state index is 13.7. The van der Waals surface area contributed by atoms with Crippen LogP contribution >= 0.6 is 0 Å². The van der Waals surface area contributed by atoms with Gasteiger partial charge in [0.25, 0.3) is 5.69 Å². The molecule has 2 aliphatic rings. The minimum absolute atomic E-state index is 0.0458. The SMILES string of the molecule is COc1ccc(N2C(=O)CC(c3ccccc3C(F)(F)F)C3=C2CCCC3=O)c([N+](=O)[O-])c1. The summed E-state index contributed by atoms with van der Waals surface area (Å²) in [7, 11) is 1.34. The number of nitro groups is 1. The van der Waals surface area contributed by atoms with Gasteiger partial charge in [0, 0.05) is 30.0 Å². The fraction of sp³-hybridized carbons (Fsp3) is 0.304. The van der Waals surface area contributed by atoms with E-state index >= 15 is 0 Å². The Labute approximate surface area is 186 Å². The number of anilines is 1. The summed E-state index contributed by atoms with van der Waals surface area (Å²) in [6, 6.07) is 8.85. The number of nitro benzene ring substituents is 1. The summed E-state index contributed by atoms with van der Waals surface area (Å²) in [5, 5.41) is 11.7. The first-order chi connectivity index (χ1) is 15.6. The van der Waals surface area contributed by atoms with Crippen LogP contribution in [-0.2, 0) is 15.8 Å². The lowest BCUT2D eigenvalue weighted by atomic mass is 9.75. The van der Waals surface area contributed by atoms with Crippen molar-refractivity contribution in [2.45, 2.75) is 37.8 Å². The molecule has 1 amide bonds. The smallest absolute Gasteiger partial charge is 0.416 e. The van der Waals surface area contributed by atoms with Crippen molar-refractivity contribution in [1.82, 2.24) is 0 Å². The summed E-state index contributed by atoms with van der Waals surface area (Å²) in [6.07, 6.45) is -4.32. The monoisotopic (exact) mass is 460 g/mol. The minimum Gasteiger partial charge on any atom is -0.496 e. The number of carbonyl (C=O) groups excluding carboxylic acids is 2. The van der Waals surface area contributed by atoms with Crippen molar-refractivity contribution >= 4 is 23.1 Å². The lowest BCUT2D eigenvalue weighted by Crippen LogP contribution is -2.41. The van der Waals surface area contributed by atoms with Gasteiger partial charge in [0.05, 0.1) is 23.7 Å². The van der Waals surface area contributed by atoms with Crippen LogP contribution in [0.1, 0.15) is 42.7 Å². The standard InChI is InChI=1S/C23H19F3N2O5/c1-33-13-9-10-17(19(11-13)28(31)32)27-18-7-4-8-20(29)22(18)15(12-21(27)30)14-5-2-3-6-16(14)23(24,25)26/h2-3,5-6,9-11,15H,4,7-8,12H2,1H3. The Morgan fingerprint density at radius 1 is 1.12 bits per heavy atom. The fourth-order valence-electron chi connectivity index (χ4n) is 4.56. The molecule has 1 atom stereocenters. The average molecular weight is 460 g/mol. The van der Waals surface area contributed by atoms with Crippen LogP contribution in [0.3, 0.4) is 0 Å². The maximum Gasteiger partial charge on any atom is 0.416 e. The number of allylic oxidation sites excluding steroid dienone is 2. The second kappa shape index (κ2) is 8.34. The molecule has 2 aromatic rings. The molecule has 0 fully saturated rings. The van der Waals surface area contributed by atoms with E-state index in [9.17, 15) is 32.9 Å². The first-order valence-corrected chi connectivity index (χ1v) is 10.2. The molecule has 1 unspecified atom stereocenters. The van der Waals surface area contributed by atoms with Crippen LogP contribution in [0.2, 0.25) is 0 Å². The third-order valence-electron chi connectivity index (χ3n) is 5.94. The van der Waals surface area contributed by atoms with Gasteiger partial charge in [-0.05, 0) is 36.6 Å². The van der Waals surface area contributed by atoms with Crippen molar-refractivity contribution < 1.29 is 32.4 Å². The van der Waals surface area contributed by atoms with E-state index in [1.807, 2.05) is 0 Å². The number of amides is 1. The average Bonchev–Trinajstić information content (AvgIpc) is 2.78. The lowest BCUT2D eigenvalue weighted by molar-refractivity contribution is -0.384. The molecule has 7 nitrogen and oxygen atoms in total. The van der Waals surface area contributed by atoms with Gasteiger partial charge in [-0.1, -0.05) is 18.2 Å². The number of methoxy groups -OCH3 is 1. The van der Waals surface area contributed by atoms with Gasteiger partial charge in [-0.3, -0.25) is 24.6 Å². The molecule has 0 radical (unpaired) electrons. The number of alkyl halides is 3. The number of ether oxygens (including phenoxy) is 1. The molecule has 0 saturated heterocycles. The van der Waals surface area contributed by atoms with Gasteiger partial charge in [-0.25, -0.2) is 0 Å². The molecule has 172 valence electrons. The quantitative estimate of drug-likeness (QED) is 0.465. The number of benzene rings is 2. The molecule has 10 heteroatoms. The van der Waals surface area contributed by atoms with Crippen molar-refractivity contribution in [3.63, 3.8) is 0 Å². The molecule has 1 aliphatic carbocycles. The third kappa shape index (κ3) is 3.96. The summed E-state index contributed by atoms with van der Waals surface area (Å²) in [6.45, 7) is 0. The second-order valence-corrected chi connectivity index (χ2v) is 7.82. The van der Waals surface area contributed by atoms with Gasteiger partial charge >= 0.3 is 6.18 Å². The minimum atomic E-state index is -4.66. The number of nitrogens with zero attached hydrogens (tertiary/aromatic N) is 2. The highest BCUT2D eigenvalue weighted by Gasteiger charge is 2.44. The first-order valence-electron chi connectivity index (χ1n) is 10.2. The molecule has 0 aromatic heterocycles. The number of rotatable bonds is 4. The summed E-state index contributed by atoms with van der Waals surface area (Å²) >= 11 is 0. The van der Waals surface area contributed by atoms with Gasteiger partial charge in [0.2, 0.25) is 5.91 Å². The van der Waals surface area contributed by atoms with Crippen LogP contribution in [0.4, 0.5) is 24.5 Å². The van der Waals surface area contributed by atoms with Crippen molar-refractivity contribution in [3.8, 4) is 5.75 Å². The van der Waals surface area contributed by atoms with E-state index < -0.39 is 40.6 Å². The fourth-order valence-corrected chi connectivity index (χ4v) is 4.56. The number of halogens is 3. The van der Waals surface area contributed by atoms with E-state index in [1.54, 1.807) is 0 Å². The molecule has 0 bridgehead atoms. The molecule has 2 aromatic carbocycles. The summed E-state index contributed by atoms with van der Waals surface area (Å²) in [5.74, 6) is -1.84. The summed E-state index contributed by atoms with van der Waals surface area (Å²) in [4.78, 5) is 38.4. The Balaban J connectivity index is 1.93. The highest BCUT2D eigenvalue weighted by atomic mass is 19.4. The number of carbonyl (C=O) groups is 2. The van der Waals surface area contributed by atoms with E-state index in [4.69, 9.17) is 4.74 Å². The summed E-state index contributed by atoms with van der Waals surface area (Å²) < 4.78 is 46.1. The normalized spacial score (nSPS) is 18.9. The molecule has 0 N–H and O–H groups in total.